The molecule has 0 unspecified atom stereocenters. The smallest absolute Gasteiger partial charge is 0.325 e. The molecule has 23 heavy (non-hydrogen) atoms. The Morgan fingerprint density at radius 3 is 2.78 bits per heavy atom. The highest BCUT2D eigenvalue weighted by Gasteiger charge is 2.13. The topological polar surface area (TPSA) is 72.1 Å². The minimum atomic E-state index is -0.813. The predicted molar refractivity (Wildman–Crippen MR) is 87.8 cm³/mol. The Labute approximate surface area is 138 Å². The van der Waals surface area contributed by atoms with E-state index in [-0.39, 0.29) is 18.1 Å². The predicted octanol–water partition coefficient (Wildman–Crippen LogP) is 3.19. The summed E-state index contributed by atoms with van der Waals surface area (Å²) in [6, 6.07) is 7.52. The standard InChI is InChI=1S/C17H15ClN2O3/c1-3-23-16(21)10-20-9-13(7-12(8-19)17(18)22)14-6-11(2)4-5-15(14)20/h4-7,9H,3,10H2,1-2H3. The molecule has 1 heterocycles. The summed E-state index contributed by atoms with van der Waals surface area (Å²) in [6.07, 6.45) is 3.14. The molecule has 0 aliphatic rings. The van der Waals surface area contributed by atoms with E-state index in [0.29, 0.717) is 12.2 Å². The lowest BCUT2D eigenvalue weighted by atomic mass is 10.1. The molecule has 2 rings (SSSR count). The third-order valence-electron chi connectivity index (χ3n) is 3.30. The van der Waals surface area contributed by atoms with Crippen LogP contribution in [0.2, 0.25) is 0 Å². The number of hydrogen-bond donors (Lipinski definition) is 0. The van der Waals surface area contributed by atoms with Crippen molar-refractivity contribution in [2.75, 3.05) is 6.61 Å². The number of fused-ring (bicyclic) bond motifs is 1. The summed E-state index contributed by atoms with van der Waals surface area (Å²) in [6.45, 7) is 4.04. The van der Waals surface area contributed by atoms with E-state index in [4.69, 9.17) is 21.6 Å². The molecule has 1 aromatic carbocycles. The third kappa shape index (κ3) is 3.79. The number of ether oxygens (including phenoxy) is 1. The second-order valence-electron chi connectivity index (χ2n) is 4.98. The normalized spacial score (nSPS) is 11.3. The zero-order valence-corrected chi connectivity index (χ0v) is 13.6. The van der Waals surface area contributed by atoms with E-state index >= 15 is 0 Å². The fourth-order valence-corrected chi connectivity index (χ4v) is 2.42. The highest BCUT2D eigenvalue weighted by molar-refractivity contribution is 6.68. The van der Waals surface area contributed by atoms with Crippen molar-refractivity contribution in [2.45, 2.75) is 20.4 Å². The number of benzene rings is 1. The number of aryl methyl sites for hydroxylation is 1. The number of esters is 1. The Hall–Kier alpha value is -2.58. The first kappa shape index (κ1) is 16.8. The van der Waals surface area contributed by atoms with E-state index in [9.17, 15) is 9.59 Å². The van der Waals surface area contributed by atoms with Crippen molar-refractivity contribution in [1.29, 1.82) is 5.26 Å². The van der Waals surface area contributed by atoms with Crippen molar-refractivity contribution >= 4 is 39.8 Å². The number of nitrogens with zero attached hydrogens (tertiary/aromatic N) is 2. The fraction of sp³-hybridized carbons (Fsp3) is 0.235. The van der Waals surface area contributed by atoms with Crippen molar-refractivity contribution in [3.05, 3.63) is 41.1 Å². The second kappa shape index (κ2) is 7.12. The quantitative estimate of drug-likeness (QED) is 0.365. The van der Waals surface area contributed by atoms with E-state index in [2.05, 4.69) is 0 Å². The van der Waals surface area contributed by atoms with Crippen LogP contribution >= 0.6 is 11.6 Å². The van der Waals surface area contributed by atoms with Crippen LogP contribution in [0, 0.1) is 18.3 Å². The number of rotatable bonds is 5. The summed E-state index contributed by atoms with van der Waals surface area (Å²) in [5.74, 6) is -0.352. The van der Waals surface area contributed by atoms with E-state index in [1.807, 2.05) is 25.1 Å². The van der Waals surface area contributed by atoms with Crippen LogP contribution in [0.4, 0.5) is 0 Å². The Kier molecular flexibility index (Phi) is 5.20. The van der Waals surface area contributed by atoms with Gasteiger partial charge in [0.05, 0.1) is 6.61 Å². The van der Waals surface area contributed by atoms with Crippen LogP contribution in [0.25, 0.3) is 17.0 Å². The van der Waals surface area contributed by atoms with Crippen LogP contribution in [0.15, 0.2) is 30.0 Å². The monoisotopic (exact) mass is 330 g/mol. The van der Waals surface area contributed by atoms with Gasteiger partial charge in [0.1, 0.15) is 18.2 Å². The van der Waals surface area contributed by atoms with Gasteiger partial charge in [-0.2, -0.15) is 5.26 Å². The molecule has 0 aliphatic heterocycles. The maximum Gasteiger partial charge on any atom is 0.325 e. The largest absolute Gasteiger partial charge is 0.465 e. The van der Waals surface area contributed by atoms with Gasteiger partial charge in [0, 0.05) is 22.7 Å². The number of carbonyl (C=O) groups is 2. The van der Waals surface area contributed by atoms with Crippen molar-refractivity contribution < 1.29 is 14.3 Å². The van der Waals surface area contributed by atoms with Crippen molar-refractivity contribution in [1.82, 2.24) is 4.57 Å². The Balaban J connectivity index is 2.57. The summed E-state index contributed by atoms with van der Waals surface area (Å²) < 4.78 is 6.69. The molecular formula is C17H15ClN2O3. The van der Waals surface area contributed by atoms with E-state index in [1.54, 1.807) is 23.8 Å². The van der Waals surface area contributed by atoms with Crippen LogP contribution in [0.1, 0.15) is 18.1 Å². The number of aromatic nitrogens is 1. The second-order valence-corrected chi connectivity index (χ2v) is 5.32. The molecule has 0 radical (unpaired) electrons. The zero-order valence-electron chi connectivity index (χ0n) is 12.8. The van der Waals surface area contributed by atoms with Gasteiger partial charge < -0.3 is 9.30 Å². The van der Waals surface area contributed by atoms with Gasteiger partial charge in [0.2, 0.25) is 0 Å². The Morgan fingerprint density at radius 1 is 1.43 bits per heavy atom. The van der Waals surface area contributed by atoms with Gasteiger partial charge >= 0.3 is 5.97 Å². The van der Waals surface area contributed by atoms with Gasteiger partial charge in [-0.25, -0.2) is 0 Å². The van der Waals surface area contributed by atoms with E-state index < -0.39 is 5.24 Å². The summed E-state index contributed by atoms with van der Waals surface area (Å²) in [7, 11) is 0. The first-order valence-corrected chi connectivity index (χ1v) is 7.40. The maximum absolute atomic E-state index is 11.7. The third-order valence-corrected chi connectivity index (χ3v) is 3.51. The Morgan fingerprint density at radius 2 is 2.17 bits per heavy atom. The average Bonchev–Trinajstić information content (AvgIpc) is 2.81. The van der Waals surface area contributed by atoms with Gasteiger partial charge in [-0.1, -0.05) is 11.6 Å². The van der Waals surface area contributed by atoms with Crippen molar-refractivity contribution in [3.8, 4) is 6.07 Å². The summed E-state index contributed by atoms with van der Waals surface area (Å²) in [5.41, 5.74) is 2.34. The van der Waals surface area contributed by atoms with Gasteiger partial charge in [0.15, 0.2) is 0 Å². The highest BCUT2D eigenvalue weighted by Crippen LogP contribution is 2.25. The lowest BCUT2D eigenvalue weighted by Gasteiger charge is -2.05. The van der Waals surface area contributed by atoms with Crippen LogP contribution < -0.4 is 0 Å². The molecule has 0 amide bonds. The van der Waals surface area contributed by atoms with Crippen molar-refractivity contribution in [2.24, 2.45) is 0 Å². The molecule has 1 aromatic heterocycles. The molecule has 0 spiro atoms. The molecular weight excluding hydrogens is 316 g/mol. The minimum Gasteiger partial charge on any atom is -0.465 e. The van der Waals surface area contributed by atoms with E-state index in [0.717, 1.165) is 16.5 Å². The number of allylic oxidation sites excluding steroid dienone is 1. The molecule has 0 atom stereocenters. The molecule has 2 aromatic rings. The summed E-state index contributed by atoms with van der Waals surface area (Å²) in [5, 5.41) is 9.02. The fourth-order valence-electron chi connectivity index (χ4n) is 2.32. The highest BCUT2D eigenvalue weighted by atomic mass is 35.5. The molecule has 0 aliphatic carbocycles. The molecule has 6 heteroatoms. The van der Waals surface area contributed by atoms with Gasteiger partial charge in [-0.3, -0.25) is 9.59 Å². The molecule has 0 bridgehead atoms. The minimum absolute atomic E-state index is 0.0535. The molecule has 5 nitrogen and oxygen atoms in total. The molecule has 0 saturated heterocycles. The molecule has 118 valence electrons. The average molecular weight is 331 g/mol. The zero-order chi connectivity index (χ0) is 17.0. The summed E-state index contributed by atoms with van der Waals surface area (Å²) in [4.78, 5) is 23.0. The lowest BCUT2D eigenvalue weighted by molar-refractivity contribution is -0.143. The number of hydrogen-bond acceptors (Lipinski definition) is 4. The number of halogens is 1. The van der Waals surface area contributed by atoms with Gasteiger partial charge in [0.25, 0.3) is 5.24 Å². The molecule has 0 N–H and O–H groups in total. The van der Waals surface area contributed by atoms with Gasteiger partial charge in [-0.15, -0.1) is 0 Å². The Bertz CT molecular complexity index is 843. The SMILES string of the molecule is CCOC(=O)Cn1cc(C=C(C#N)C(=O)Cl)c2cc(C)ccc21. The molecule has 0 fully saturated rings. The van der Waals surface area contributed by atoms with Crippen LogP contribution in [-0.4, -0.2) is 22.4 Å². The first-order valence-electron chi connectivity index (χ1n) is 7.03. The van der Waals surface area contributed by atoms with Crippen LogP contribution in [0.5, 0.6) is 0 Å². The summed E-state index contributed by atoms with van der Waals surface area (Å²) >= 11 is 5.40. The lowest BCUT2D eigenvalue weighted by Crippen LogP contribution is -2.12. The van der Waals surface area contributed by atoms with Gasteiger partial charge in [-0.05, 0) is 43.7 Å². The van der Waals surface area contributed by atoms with Crippen LogP contribution in [0.3, 0.4) is 0 Å². The number of nitriles is 1. The maximum atomic E-state index is 11.7. The first-order chi connectivity index (χ1) is 11.0. The molecule has 0 saturated carbocycles. The van der Waals surface area contributed by atoms with E-state index in [1.165, 1.54) is 6.08 Å². The number of carbonyl (C=O) groups excluding carboxylic acids is 2. The van der Waals surface area contributed by atoms with Crippen molar-refractivity contribution in [3.63, 3.8) is 0 Å². The van der Waals surface area contributed by atoms with Crippen LogP contribution in [-0.2, 0) is 20.9 Å².